The predicted octanol–water partition coefficient (Wildman–Crippen LogP) is 3.96. The van der Waals surface area contributed by atoms with Crippen LogP contribution in [-0.4, -0.2) is 30.6 Å². The van der Waals surface area contributed by atoms with Gasteiger partial charge < -0.3 is 5.11 Å². The summed E-state index contributed by atoms with van der Waals surface area (Å²) in [5.41, 5.74) is 3.47. The van der Waals surface area contributed by atoms with Gasteiger partial charge >= 0.3 is 0 Å². The highest BCUT2D eigenvalue weighted by molar-refractivity contribution is 6.06. The number of hydrogen-bond donors (Lipinski definition) is 1. The zero-order valence-corrected chi connectivity index (χ0v) is 16.2. The molecule has 0 spiro atoms. The van der Waals surface area contributed by atoms with Crippen LogP contribution in [0.25, 0.3) is 22.0 Å². The number of aliphatic hydroxyl groups is 1. The fraction of sp³-hybridized carbons (Fsp3) is 0.429. The summed E-state index contributed by atoms with van der Waals surface area (Å²) in [7, 11) is 0. The first-order chi connectivity index (χ1) is 12.8. The quantitative estimate of drug-likeness (QED) is 0.709. The second kappa shape index (κ2) is 6.23. The third kappa shape index (κ3) is 2.84. The van der Waals surface area contributed by atoms with Crippen LogP contribution >= 0.6 is 0 Å². The Hall–Kier alpha value is -2.60. The van der Waals surface area contributed by atoms with E-state index in [4.69, 9.17) is 0 Å². The smallest absolute Gasteiger partial charge is 0.180 e. The minimum absolute atomic E-state index is 0.0465. The molecule has 0 radical (unpaired) electrons. The van der Waals surface area contributed by atoms with Crippen molar-refractivity contribution in [2.75, 3.05) is 0 Å². The maximum Gasteiger partial charge on any atom is 0.180 e. The number of ketones is 1. The summed E-state index contributed by atoms with van der Waals surface area (Å²) in [6.45, 7) is 7.69. The number of carbonyl (C=O) groups excluding carboxylic acids is 1. The van der Waals surface area contributed by atoms with E-state index < -0.39 is 5.60 Å². The zero-order valence-electron chi connectivity index (χ0n) is 16.2. The first kappa shape index (κ1) is 17.8. The van der Waals surface area contributed by atoms with Crippen molar-refractivity contribution in [1.82, 2.24) is 19.7 Å². The first-order valence-electron chi connectivity index (χ1n) is 9.39. The Morgan fingerprint density at radius 2 is 1.85 bits per heavy atom. The van der Waals surface area contributed by atoms with Gasteiger partial charge in [0.05, 0.1) is 5.52 Å². The number of rotatable bonds is 4. The molecule has 4 rings (SSSR count). The third-order valence-corrected chi connectivity index (χ3v) is 5.40. The number of carbonyl (C=O) groups is 1. The Bertz CT molecular complexity index is 1030. The standard InChI is InChI=1S/C21H24N4O2/c1-12(2)25-19-13(3)8-15(9-17(19)18(24-25)14(4)26)16-10-22-20(23-11-16)21(27)6-5-7-21/h8-12,27H,5-7H2,1-4H3. The predicted molar refractivity (Wildman–Crippen MR) is 104 cm³/mol. The molecule has 2 heterocycles. The number of hydrogen-bond acceptors (Lipinski definition) is 5. The molecule has 0 amide bonds. The molecule has 6 nitrogen and oxygen atoms in total. The molecule has 0 saturated heterocycles. The molecule has 2 aromatic heterocycles. The van der Waals surface area contributed by atoms with Crippen molar-refractivity contribution in [3.05, 3.63) is 41.6 Å². The third-order valence-electron chi connectivity index (χ3n) is 5.40. The second-order valence-corrected chi connectivity index (χ2v) is 7.81. The van der Waals surface area contributed by atoms with E-state index in [0.717, 1.165) is 34.0 Å². The van der Waals surface area contributed by atoms with E-state index >= 15 is 0 Å². The van der Waals surface area contributed by atoms with Gasteiger partial charge in [0.1, 0.15) is 11.3 Å². The lowest BCUT2D eigenvalue weighted by molar-refractivity contribution is -0.0467. The summed E-state index contributed by atoms with van der Waals surface area (Å²) >= 11 is 0. The normalized spacial score (nSPS) is 15.9. The van der Waals surface area contributed by atoms with Crippen LogP contribution in [0.2, 0.25) is 0 Å². The van der Waals surface area contributed by atoms with Crippen LogP contribution in [0.4, 0.5) is 0 Å². The van der Waals surface area contributed by atoms with Gasteiger partial charge in [0.15, 0.2) is 11.6 Å². The highest BCUT2D eigenvalue weighted by Crippen LogP contribution is 2.39. The molecule has 0 atom stereocenters. The van der Waals surface area contributed by atoms with Gasteiger partial charge in [-0.25, -0.2) is 9.97 Å². The Kier molecular flexibility index (Phi) is 4.11. The fourth-order valence-corrected chi connectivity index (χ4v) is 3.73. The minimum Gasteiger partial charge on any atom is -0.382 e. The number of fused-ring (bicyclic) bond motifs is 1. The number of nitrogens with zero attached hydrogens (tertiary/aromatic N) is 4. The minimum atomic E-state index is -0.862. The lowest BCUT2D eigenvalue weighted by Gasteiger charge is -2.34. The van der Waals surface area contributed by atoms with Gasteiger partial charge in [-0.1, -0.05) is 0 Å². The second-order valence-electron chi connectivity index (χ2n) is 7.81. The van der Waals surface area contributed by atoms with Crippen LogP contribution in [-0.2, 0) is 5.60 Å². The highest BCUT2D eigenvalue weighted by atomic mass is 16.3. The Balaban J connectivity index is 1.83. The average Bonchev–Trinajstić information content (AvgIpc) is 3.00. The van der Waals surface area contributed by atoms with Crippen LogP contribution in [0, 0.1) is 6.92 Å². The van der Waals surface area contributed by atoms with Crippen molar-refractivity contribution < 1.29 is 9.90 Å². The molecule has 1 saturated carbocycles. The molecule has 1 aromatic carbocycles. The summed E-state index contributed by atoms with van der Waals surface area (Å²) in [5, 5.41) is 15.8. The summed E-state index contributed by atoms with van der Waals surface area (Å²) in [5.74, 6) is 0.446. The monoisotopic (exact) mass is 364 g/mol. The number of Topliss-reactive ketones (excluding diaryl/α,β-unsaturated/α-hetero) is 1. The molecule has 0 aliphatic heterocycles. The molecule has 0 unspecified atom stereocenters. The molecule has 1 aliphatic rings. The van der Waals surface area contributed by atoms with E-state index in [-0.39, 0.29) is 11.8 Å². The maximum atomic E-state index is 12.1. The van der Waals surface area contributed by atoms with Crippen LogP contribution in [0.3, 0.4) is 0 Å². The molecule has 6 heteroatoms. The largest absolute Gasteiger partial charge is 0.382 e. The molecular weight excluding hydrogens is 340 g/mol. The summed E-state index contributed by atoms with van der Waals surface area (Å²) in [6, 6.07) is 4.22. The van der Waals surface area contributed by atoms with Crippen molar-refractivity contribution in [2.24, 2.45) is 0 Å². The van der Waals surface area contributed by atoms with Gasteiger partial charge in [-0.2, -0.15) is 5.10 Å². The Morgan fingerprint density at radius 1 is 1.19 bits per heavy atom. The fourth-order valence-electron chi connectivity index (χ4n) is 3.73. The molecule has 1 fully saturated rings. The van der Waals surface area contributed by atoms with Gasteiger partial charge in [-0.15, -0.1) is 0 Å². The van der Waals surface area contributed by atoms with Crippen molar-refractivity contribution in [1.29, 1.82) is 0 Å². The molecular formula is C21H24N4O2. The van der Waals surface area contributed by atoms with E-state index in [1.165, 1.54) is 0 Å². The van der Waals surface area contributed by atoms with E-state index in [0.29, 0.717) is 24.4 Å². The van der Waals surface area contributed by atoms with Crippen LogP contribution in [0.1, 0.15) is 68.0 Å². The SMILES string of the molecule is CC(=O)c1nn(C(C)C)c2c(C)cc(-c3cnc(C4(O)CCC4)nc3)cc12. The van der Waals surface area contributed by atoms with Crippen LogP contribution in [0.5, 0.6) is 0 Å². The van der Waals surface area contributed by atoms with E-state index in [1.54, 1.807) is 19.3 Å². The van der Waals surface area contributed by atoms with Gasteiger partial charge in [-0.3, -0.25) is 9.48 Å². The first-order valence-corrected chi connectivity index (χ1v) is 9.39. The molecule has 0 bridgehead atoms. The number of aromatic nitrogens is 4. The average molecular weight is 364 g/mol. The number of aryl methyl sites for hydroxylation is 1. The van der Waals surface area contributed by atoms with E-state index in [9.17, 15) is 9.90 Å². The van der Waals surface area contributed by atoms with Crippen molar-refractivity contribution in [2.45, 2.75) is 58.6 Å². The van der Waals surface area contributed by atoms with Gasteiger partial charge in [0.2, 0.25) is 0 Å². The summed E-state index contributed by atoms with van der Waals surface area (Å²) in [4.78, 5) is 20.9. The molecule has 27 heavy (non-hydrogen) atoms. The molecule has 1 N–H and O–H groups in total. The summed E-state index contributed by atoms with van der Waals surface area (Å²) in [6.07, 6.45) is 5.94. The number of benzene rings is 1. The maximum absolute atomic E-state index is 12.1. The van der Waals surface area contributed by atoms with Gasteiger partial charge in [0.25, 0.3) is 0 Å². The van der Waals surface area contributed by atoms with Crippen molar-refractivity contribution in [3.63, 3.8) is 0 Å². The highest BCUT2D eigenvalue weighted by Gasteiger charge is 2.38. The molecule has 140 valence electrons. The van der Waals surface area contributed by atoms with Crippen molar-refractivity contribution >= 4 is 16.7 Å². The van der Waals surface area contributed by atoms with Crippen LogP contribution < -0.4 is 0 Å². The molecule has 3 aromatic rings. The summed E-state index contributed by atoms with van der Waals surface area (Å²) < 4.78 is 1.91. The Morgan fingerprint density at radius 3 is 2.37 bits per heavy atom. The lowest BCUT2D eigenvalue weighted by Crippen LogP contribution is -2.35. The topological polar surface area (TPSA) is 80.9 Å². The zero-order chi connectivity index (χ0) is 19.3. The lowest BCUT2D eigenvalue weighted by atomic mass is 9.79. The molecule has 1 aliphatic carbocycles. The van der Waals surface area contributed by atoms with E-state index in [1.807, 2.05) is 17.7 Å². The van der Waals surface area contributed by atoms with Gasteiger partial charge in [-0.05, 0) is 63.3 Å². The van der Waals surface area contributed by atoms with Crippen LogP contribution in [0.15, 0.2) is 24.5 Å². The van der Waals surface area contributed by atoms with E-state index in [2.05, 4.69) is 35.0 Å². The van der Waals surface area contributed by atoms with Gasteiger partial charge in [0, 0.05) is 36.3 Å². The Labute approximate surface area is 158 Å². The van der Waals surface area contributed by atoms with Crippen molar-refractivity contribution in [3.8, 4) is 11.1 Å².